The molecule has 4 nitrogen and oxygen atoms in total. The first-order valence-electron chi connectivity index (χ1n) is 4.93. The largest absolute Gasteiger partial charge is 0.478 e. The van der Waals surface area contributed by atoms with E-state index >= 15 is 0 Å². The van der Waals surface area contributed by atoms with Crippen LogP contribution in [0, 0.1) is 38.5 Å². The van der Waals surface area contributed by atoms with E-state index < -0.39 is 11.9 Å². The molecular weight excluding hydrogens is 232 g/mol. The number of aromatic carboxylic acids is 2. The average Bonchev–Trinajstić information content (AvgIpc) is 2.29. The molecule has 0 aliphatic rings. The summed E-state index contributed by atoms with van der Waals surface area (Å²) in [5.41, 5.74) is 0.260. The highest BCUT2D eigenvalue weighted by molar-refractivity contribution is 6.00. The summed E-state index contributed by atoms with van der Waals surface area (Å²) in [5.74, 6) is 1.99. The highest BCUT2D eigenvalue weighted by Gasteiger charge is 2.24. The molecule has 18 heavy (non-hydrogen) atoms. The van der Waals surface area contributed by atoms with Crippen molar-refractivity contribution in [2.45, 2.75) is 13.8 Å². The Morgan fingerprint density at radius 3 is 1.33 bits per heavy atom. The monoisotopic (exact) mass is 242 g/mol. The van der Waals surface area contributed by atoms with Gasteiger partial charge in [0.1, 0.15) is 0 Å². The molecule has 1 aromatic rings. The molecule has 0 aromatic heterocycles. The van der Waals surface area contributed by atoms with Crippen LogP contribution >= 0.6 is 0 Å². The molecule has 0 unspecified atom stereocenters. The second-order valence-corrected chi connectivity index (χ2v) is 3.65. The van der Waals surface area contributed by atoms with E-state index in [4.69, 9.17) is 23.1 Å². The van der Waals surface area contributed by atoms with Crippen molar-refractivity contribution in [2.75, 3.05) is 0 Å². The van der Waals surface area contributed by atoms with Crippen molar-refractivity contribution in [3.05, 3.63) is 33.4 Å². The minimum atomic E-state index is -1.23. The molecule has 1 rings (SSSR count). The number of hydrogen-bond acceptors (Lipinski definition) is 2. The summed E-state index contributed by atoms with van der Waals surface area (Å²) in [5, 5.41) is 18.3. The lowest BCUT2D eigenvalue weighted by Gasteiger charge is -2.14. The van der Waals surface area contributed by atoms with Crippen molar-refractivity contribution in [1.29, 1.82) is 0 Å². The molecule has 0 amide bonds. The van der Waals surface area contributed by atoms with Gasteiger partial charge in [-0.2, -0.15) is 0 Å². The molecular formula is C14H10O4. The first-order valence-corrected chi connectivity index (χ1v) is 4.93. The highest BCUT2D eigenvalue weighted by atomic mass is 16.4. The van der Waals surface area contributed by atoms with Gasteiger partial charge < -0.3 is 10.2 Å². The molecule has 1 aromatic carbocycles. The SMILES string of the molecule is C#Cc1c(C)c(C(=O)O)c(C#C)c(C)c1C(=O)O. The number of terminal acetylenes is 2. The van der Waals surface area contributed by atoms with E-state index in [0.717, 1.165) is 0 Å². The van der Waals surface area contributed by atoms with Gasteiger partial charge in [0, 0.05) is 11.1 Å². The van der Waals surface area contributed by atoms with Gasteiger partial charge in [-0.15, -0.1) is 12.8 Å². The quantitative estimate of drug-likeness (QED) is 0.773. The third kappa shape index (κ3) is 1.81. The summed E-state index contributed by atoms with van der Waals surface area (Å²) in [4.78, 5) is 22.4. The standard InChI is InChI=1S/C14H10O4/c1-5-9-7(3)12(14(17)18)10(6-2)8(4)11(9)13(15)16/h1-2H,3-4H3,(H,15,16)(H,17,18). The smallest absolute Gasteiger partial charge is 0.337 e. The average molecular weight is 242 g/mol. The maximum atomic E-state index is 11.2. The van der Waals surface area contributed by atoms with Crippen molar-refractivity contribution >= 4 is 11.9 Å². The number of carboxylic acid groups (broad SMARTS) is 2. The summed E-state index contributed by atoms with van der Waals surface area (Å²) in [6.45, 7) is 2.90. The van der Waals surface area contributed by atoms with E-state index in [9.17, 15) is 9.59 Å². The first-order chi connectivity index (χ1) is 8.36. The molecule has 0 heterocycles. The summed E-state index contributed by atoms with van der Waals surface area (Å²) in [6.07, 6.45) is 10.5. The fourth-order valence-electron chi connectivity index (χ4n) is 1.90. The van der Waals surface area contributed by atoms with Crippen molar-refractivity contribution in [1.82, 2.24) is 0 Å². The molecule has 0 radical (unpaired) electrons. The minimum absolute atomic E-state index is 0.0522. The predicted octanol–water partition coefficient (Wildman–Crippen LogP) is 1.66. The first kappa shape index (κ1) is 13.3. The maximum Gasteiger partial charge on any atom is 0.337 e. The highest BCUT2D eigenvalue weighted by Crippen LogP contribution is 2.27. The van der Waals surface area contributed by atoms with Gasteiger partial charge >= 0.3 is 11.9 Å². The zero-order valence-corrected chi connectivity index (χ0v) is 9.87. The Balaban J connectivity index is 4.01. The molecule has 0 aliphatic heterocycles. The molecule has 0 aliphatic carbocycles. The fraction of sp³-hybridized carbons (Fsp3) is 0.143. The van der Waals surface area contributed by atoms with Gasteiger partial charge in [0.05, 0.1) is 11.1 Å². The molecule has 2 N–H and O–H groups in total. The predicted molar refractivity (Wildman–Crippen MR) is 65.7 cm³/mol. The van der Waals surface area contributed by atoms with Crippen molar-refractivity contribution in [2.24, 2.45) is 0 Å². The summed E-state index contributed by atoms with van der Waals surface area (Å²) < 4.78 is 0. The molecule has 0 saturated heterocycles. The maximum absolute atomic E-state index is 11.2. The van der Waals surface area contributed by atoms with E-state index in [1.54, 1.807) is 0 Å². The fourth-order valence-corrected chi connectivity index (χ4v) is 1.90. The Hall–Kier alpha value is -2.72. The van der Waals surface area contributed by atoms with E-state index in [1.807, 2.05) is 0 Å². The van der Waals surface area contributed by atoms with Crippen LogP contribution < -0.4 is 0 Å². The Labute approximate surface area is 104 Å². The summed E-state index contributed by atoms with van der Waals surface area (Å²) in [6, 6.07) is 0. The van der Waals surface area contributed by atoms with Crippen LogP contribution in [0.3, 0.4) is 0 Å². The van der Waals surface area contributed by atoms with Crippen LogP contribution in [0.15, 0.2) is 0 Å². The normalized spacial score (nSPS) is 9.33. The third-order valence-electron chi connectivity index (χ3n) is 2.72. The van der Waals surface area contributed by atoms with Crippen LogP contribution in [0.2, 0.25) is 0 Å². The third-order valence-corrected chi connectivity index (χ3v) is 2.72. The van der Waals surface area contributed by atoms with E-state index in [2.05, 4.69) is 11.8 Å². The molecule has 0 saturated carbocycles. The number of benzene rings is 1. The van der Waals surface area contributed by atoms with Gasteiger partial charge in [-0.3, -0.25) is 0 Å². The summed E-state index contributed by atoms with van der Waals surface area (Å²) >= 11 is 0. The molecule has 90 valence electrons. The van der Waals surface area contributed by atoms with E-state index in [1.165, 1.54) is 13.8 Å². The van der Waals surface area contributed by atoms with Gasteiger partial charge in [-0.1, -0.05) is 11.8 Å². The number of rotatable bonds is 2. The zero-order valence-electron chi connectivity index (χ0n) is 9.87. The van der Waals surface area contributed by atoms with Crippen molar-refractivity contribution in [3.8, 4) is 24.7 Å². The molecule has 0 atom stereocenters. The molecule has 0 bridgehead atoms. The second-order valence-electron chi connectivity index (χ2n) is 3.65. The van der Waals surface area contributed by atoms with Gasteiger partial charge in [0.2, 0.25) is 0 Å². The van der Waals surface area contributed by atoms with Crippen LogP contribution in [-0.4, -0.2) is 22.2 Å². The number of hydrogen-bond donors (Lipinski definition) is 2. The lowest BCUT2D eigenvalue weighted by molar-refractivity contribution is 0.0679. The van der Waals surface area contributed by atoms with E-state index in [-0.39, 0.29) is 33.4 Å². The molecule has 0 spiro atoms. The Bertz CT molecular complexity index is 582. The Morgan fingerprint density at radius 1 is 0.889 bits per heavy atom. The zero-order chi connectivity index (χ0) is 14.0. The van der Waals surface area contributed by atoms with Gasteiger partial charge in [-0.05, 0) is 25.0 Å². The number of carbonyl (C=O) groups is 2. The van der Waals surface area contributed by atoms with E-state index in [0.29, 0.717) is 0 Å². The number of carboxylic acids is 2. The van der Waals surface area contributed by atoms with Crippen LogP contribution in [0.4, 0.5) is 0 Å². The van der Waals surface area contributed by atoms with Gasteiger partial charge in [0.25, 0.3) is 0 Å². The summed E-state index contributed by atoms with van der Waals surface area (Å²) in [7, 11) is 0. The molecule has 0 fully saturated rings. The van der Waals surface area contributed by atoms with Crippen LogP contribution in [-0.2, 0) is 0 Å². The minimum Gasteiger partial charge on any atom is -0.478 e. The Morgan fingerprint density at radius 2 is 1.17 bits per heavy atom. The lowest BCUT2D eigenvalue weighted by Crippen LogP contribution is -2.14. The van der Waals surface area contributed by atoms with Crippen LogP contribution in [0.5, 0.6) is 0 Å². The van der Waals surface area contributed by atoms with Crippen LogP contribution in [0.25, 0.3) is 0 Å². The lowest BCUT2D eigenvalue weighted by atomic mass is 9.88. The second kappa shape index (κ2) is 4.65. The van der Waals surface area contributed by atoms with Crippen molar-refractivity contribution in [3.63, 3.8) is 0 Å². The topological polar surface area (TPSA) is 74.6 Å². The molecule has 4 heteroatoms. The Kier molecular flexibility index (Phi) is 3.45. The van der Waals surface area contributed by atoms with Crippen molar-refractivity contribution < 1.29 is 19.8 Å². The van der Waals surface area contributed by atoms with Gasteiger partial charge in [-0.25, -0.2) is 9.59 Å². The van der Waals surface area contributed by atoms with Gasteiger partial charge in [0.15, 0.2) is 0 Å². The van der Waals surface area contributed by atoms with Crippen LogP contribution in [0.1, 0.15) is 43.0 Å².